The highest BCUT2D eigenvalue weighted by molar-refractivity contribution is 7.92. The van der Waals surface area contributed by atoms with Crippen molar-refractivity contribution >= 4 is 27.3 Å². The lowest BCUT2D eigenvalue weighted by molar-refractivity contribution is -0.118. The lowest BCUT2D eigenvalue weighted by Crippen LogP contribution is -2.29. The van der Waals surface area contributed by atoms with Crippen LogP contribution in [0.2, 0.25) is 0 Å². The molecule has 6 nitrogen and oxygen atoms in total. The average Bonchev–Trinajstić information content (AvgIpc) is 3.23. The van der Waals surface area contributed by atoms with Gasteiger partial charge in [-0.3, -0.25) is 9.10 Å². The Balaban J connectivity index is 1.41. The number of aryl methyl sites for hydroxylation is 1. The van der Waals surface area contributed by atoms with Crippen LogP contribution in [0, 0.1) is 6.92 Å². The Hall–Kier alpha value is -3.32. The average molecular weight is 465 g/mol. The number of rotatable bonds is 7. The van der Waals surface area contributed by atoms with Gasteiger partial charge in [0, 0.05) is 12.2 Å². The van der Waals surface area contributed by atoms with Crippen molar-refractivity contribution in [2.75, 3.05) is 22.8 Å². The summed E-state index contributed by atoms with van der Waals surface area (Å²) in [4.78, 5) is 12.6. The zero-order valence-corrected chi connectivity index (χ0v) is 19.9. The Morgan fingerprint density at radius 1 is 1.06 bits per heavy atom. The van der Waals surface area contributed by atoms with Gasteiger partial charge in [-0.1, -0.05) is 44.2 Å². The number of carbonyl (C=O) groups is 1. The summed E-state index contributed by atoms with van der Waals surface area (Å²) in [6.45, 7) is 6.43. The van der Waals surface area contributed by atoms with Crippen molar-refractivity contribution in [3.8, 4) is 5.75 Å². The van der Waals surface area contributed by atoms with E-state index in [0.29, 0.717) is 24.4 Å². The largest absolute Gasteiger partial charge is 0.483 e. The number of benzene rings is 3. The van der Waals surface area contributed by atoms with E-state index in [-0.39, 0.29) is 23.3 Å². The number of amides is 1. The molecule has 1 aliphatic rings. The quantitative estimate of drug-likeness (QED) is 0.540. The van der Waals surface area contributed by atoms with E-state index in [2.05, 4.69) is 19.2 Å². The third kappa shape index (κ3) is 4.88. The zero-order chi connectivity index (χ0) is 23.6. The molecule has 3 aromatic rings. The molecule has 172 valence electrons. The summed E-state index contributed by atoms with van der Waals surface area (Å²) in [5, 5.41) is 2.77. The number of para-hydroxylation sites is 1. The Morgan fingerprint density at radius 3 is 2.52 bits per heavy atom. The highest BCUT2D eigenvalue weighted by Gasteiger charge is 2.30. The first-order chi connectivity index (χ1) is 15.8. The van der Waals surface area contributed by atoms with Crippen molar-refractivity contribution in [3.63, 3.8) is 0 Å². The van der Waals surface area contributed by atoms with Gasteiger partial charge in [0.15, 0.2) is 6.61 Å². The number of hydrogen-bond donors (Lipinski definition) is 1. The van der Waals surface area contributed by atoms with Gasteiger partial charge in [0.25, 0.3) is 15.9 Å². The molecule has 4 rings (SSSR count). The summed E-state index contributed by atoms with van der Waals surface area (Å²) in [6, 6.07) is 19.7. The fourth-order valence-electron chi connectivity index (χ4n) is 3.98. The van der Waals surface area contributed by atoms with E-state index < -0.39 is 10.0 Å². The van der Waals surface area contributed by atoms with Gasteiger partial charge < -0.3 is 10.1 Å². The van der Waals surface area contributed by atoms with Gasteiger partial charge in [0.2, 0.25) is 0 Å². The molecule has 0 aromatic heterocycles. The Bertz CT molecular complexity index is 1270. The molecule has 0 fully saturated rings. The monoisotopic (exact) mass is 464 g/mol. The molecule has 0 unspecified atom stereocenters. The van der Waals surface area contributed by atoms with Crippen LogP contribution in [0.15, 0.2) is 71.6 Å². The maximum Gasteiger partial charge on any atom is 0.264 e. The van der Waals surface area contributed by atoms with Crippen LogP contribution in [0.3, 0.4) is 0 Å². The normalized spacial score (nSPS) is 13.2. The molecule has 33 heavy (non-hydrogen) atoms. The standard InChI is InChI=1S/C26H28N2O4S/c1-18(2)23-13-8-19(3)16-25(23)32-17-26(29)27-21-9-11-22(12-10-21)33(30,31)28-15-14-20-6-4-5-7-24(20)28/h4-13,16,18H,14-15,17H2,1-3H3,(H,27,29). The minimum atomic E-state index is -3.66. The molecule has 0 saturated heterocycles. The Morgan fingerprint density at radius 2 is 1.79 bits per heavy atom. The van der Waals surface area contributed by atoms with Gasteiger partial charge >= 0.3 is 0 Å². The summed E-state index contributed by atoms with van der Waals surface area (Å²) in [6.07, 6.45) is 0.697. The molecule has 1 heterocycles. The minimum Gasteiger partial charge on any atom is -0.483 e. The second-order valence-electron chi connectivity index (χ2n) is 8.51. The molecular weight excluding hydrogens is 436 g/mol. The SMILES string of the molecule is Cc1ccc(C(C)C)c(OCC(=O)Nc2ccc(S(=O)(=O)N3CCc4ccccc43)cc2)c1. The van der Waals surface area contributed by atoms with Crippen molar-refractivity contribution in [2.45, 2.75) is 38.0 Å². The van der Waals surface area contributed by atoms with Crippen molar-refractivity contribution in [2.24, 2.45) is 0 Å². The molecule has 1 amide bonds. The van der Waals surface area contributed by atoms with E-state index in [0.717, 1.165) is 22.4 Å². The fourth-order valence-corrected chi connectivity index (χ4v) is 5.48. The second kappa shape index (κ2) is 9.27. The number of anilines is 2. The van der Waals surface area contributed by atoms with E-state index in [1.807, 2.05) is 49.4 Å². The van der Waals surface area contributed by atoms with Gasteiger partial charge in [-0.15, -0.1) is 0 Å². The third-order valence-corrected chi connectivity index (χ3v) is 7.55. The number of fused-ring (bicyclic) bond motifs is 1. The number of nitrogens with one attached hydrogen (secondary N) is 1. The van der Waals surface area contributed by atoms with Crippen LogP contribution in [0.1, 0.15) is 36.5 Å². The van der Waals surface area contributed by atoms with Crippen LogP contribution in [-0.2, 0) is 21.2 Å². The summed E-state index contributed by atoms with van der Waals surface area (Å²) in [5.74, 6) is 0.670. The lowest BCUT2D eigenvalue weighted by atomic mass is 10.0. The van der Waals surface area contributed by atoms with E-state index in [9.17, 15) is 13.2 Å². The first-order valence-corrected chi connectivity index (χ1v) is 12.4. The number of ether oxygens (including phenoxy) is 1. The van der Waals surface area contributed by atoms with Crippen LogP contribution >= 0.6 is 0 Å². The second-order valence-corrected chi connectivity index (χ2v) is 10.4. The zero-order valence-electron chi connectivity index (χ0n) is 19.0. The summed E-state index contributed by atoms with van der Waals surface area (Å²) < 4.78 is 33.5. The lowest BCUT2D eigenvalue weighted by Gasteiger charge is -2.19. The smallest absolute Gasteiger partial charge is 0.264 e. The molecule has 0 atom stereocenters. The minimum absolute atomic E-state index is 0.131. The summed E-state index contributed by atoms with van der Waals surface area (Å²) >= 11 is 0. The third-order valence-electron chi connectivity index (χ3n) is 5.72. The van der Waals surface area contributed by atoms with Crippen molar-refractivity contribution in [1.29, 1.82) is 0 Å². The molecule has 1 N–H and O–H groups in total. The summed E-state index contributed by atoms with van der Waals surface area (Å²) in [7, 11) is -3.66. The van der Waals surface area contributed by atoms with E-state index in [1.165, 1.54) is 16.4 Å². The predicted octanol–water partition coefficient (Wildman–Crippen LogP) is 4.89. The predicted molar refractivity (Wildman–Crippen MR) is 131 cm³/mol. The van der Waals surface area contributed by atoms with E-state index in [4.69, 9.17) is 4.74 Å². The molecule has 0 radical (unpaired) electrons. The van der Waals surface area contributed by atoms with Crippen LogP contribution in [0.5, 0.6) is 5.75 Å². The summed E-state index contributed by atoms with van der Waals surface area (Å²) in [5.41, 5.74) is 4.37. The first kappa shape index (κ1) is 22.9. The Labute approximate surface area is 195 Å². The highest BCUT2D eigenvalue weighted by Crippen LogP contribution is 2.33. The van der Waals surface area contributed by atoms with Gasteiger partial charge in [-0.2, -0.15) is 0 Å². The van der Waals surface area contributed by atoms with E-state index in [1.54, 1.807) is 12.1 Å². The molecule has 1 aliphatic heterocycles. The molecule has 0 spiro atoms. The maximum absolute atomic E-state index is 13.1. The van der Waals surface area contributed by atoms with Crippen molar-refractivity contribution in [3.05, 3.63) is 83.4 Å². The molecule has 0 aliphatic carbocycles. The Kier molecular flexibility index (Phi) is 6.42. The van der Waals surface area contributed by atoms with Crippen LogP contribution in [-0.4, -0.2) is 27.5 Å². The van der Waals surface area contributed by atoms with Gasteiger partial charge in [0.1, 0.15) is 5.75 Å². The fraction of sp³-hybridized carbons (Fsp3) is 0.269. The highest BCUT2D eigenvalue weighted by atomic mass is 32.2. The number of nitrogens with zero attached hydrogens (tertiary/aromatic N) is 1. The van der Waals surface area contributed by atoms with Gasteiger partial charge in [-0.05, 0) is 72.4 Å². The maximum atomic E-state index is 13.1. The van der Waals surface area contributed by atoms with Gasteiger partial charge in [-0.25, -0.2) is 8.42 Å². The number of hydrogen-bond acceptors (Lipinski definition) is 4. The van der Waals surface area contributed by atoms with E-state index >= 15 is 0 Å². The van der Waals surface area contributed by atoms with Crippen LogP contribution < -0.4 is 14.4 Å². The molecular formula is C26H28N2O4S. The number of sulfonamides is 1. The van der Waals surface area contributed by atoms with Crippen molar-refractivity contribution < 1.29 is 17.9 Å². The van der Waals surface area contributed by atoms with Crippen LogP contribution in [0.4, 0.5) is 11.4 Å². The molecule has 3 aromatic carbocycles. The first-order valence-electron chi connectivity index (χ1n) is 11.0. The number of carbonyl (C=O) groups excluding carboxylic acids is 1. The molecule has 0 saturated carbocycles. The van der Waals surface area contributed by atoms with Gasteiger partial charge in [0.05, 0.1) is 10.6 Å². The van der Waals surface area contributed by atoms with Crippen LogP contribution in [0.25, 0.3) is 0 Å². The molecule has 7 heteroatoms. The van der Waals surface area contributed by atoms with Crippen molar-refractivity contribution in [1.82, 2.24) is 0 Å². The topological polar surface area (TPSA) is 75.7 Å². The molecule has 0 bridgehead atoms.